The van der Waals surface area contributed by atoms with Crippen molar-refractivity contribution in [3.63, 3.8) is 0 Å². The van der Waals surface area contributed by atoms with Crippen LogP contribution in [0, 0.1) is 11.6 Å². The Kier molecular flexibility index (Phi) is 22.0. The van der Waals surface area contributed by atoms with E-state index >= 15 is 0 Å². The van der Waals surface area contributed by atoms with Crippen LogP contribution < -0.4 is 11.4 Å². The predicted molar refractivity (Wildman–Crippen MR) is 279 cm³/mol. The number of halogens is 14. The highest BCUT2D eigenvalue weighted by Gasteiger charge is 2.43. The molecule has 2 aromatic heterocycles. The molecule has 6 atom stereocenters. The van der Waals surface area contributed by atoms with E-state index in [0.717, 1.165) is 38.5 Å². The fourth-order valence-corrected chi connectivity index (χ4v) is 11.7. The van der Waals surface area contributed by atoms with Gasteiger partial charge in [0.1, 0.15) is 23.3 Å². The quantitative estimate of drug-likeness (QED) is 0.0537. The number of nitrogens with one attached hydrogen (secondary N) is 2. The molecule has 484 valence electrons. The molecule has 0 unspecified atom stereocenters. The Morgan fingerprint density at radius 2 is 0.864 bits per heavy atom. The molecule has 0 spiro atoms. The molecule has 88 heavy (non-hydrogen) atoms. The van der Waals surface area contributed by atoms with Gasteiger partial charge in [0.2, 0.25) is 0 Å². The summed E-state index contributed by atoms with van der Waals surface area (Å²) in [7, 11) is -6.10. The highest BCUT2D eigenvalue weighted by atomic mass is 31.2. The first-order valence-electron chi connectivity index (χ1n) is 26.2. The SMILES string of the molecule is CCOP(=O)(OCC)n1nc(CN2CCO[C@H](O[C@H](C)c3cc(C(F)(F)F)cc(C(F)(F)F)c3)[C@@H]2c2ccc(F)cc2)[nH]c1=O.COP(=O)(OC)n1nc(CN2CCO[C@H](O[C@H](C)c3cc(C(F)(F)F)cc(C(F)(F)F)c3)[C@@H]2c2ccc(F)cc2)[nH]c1=O. The van der Waals surface area contributed by atoms with Gasteiger partial charge in [0.05, 0.1) is 86.1 Å². The Hall–Kier alpha value is -6.16. The summed E-state index contributed by atoms with van der Waals surface area (Å²) < 4.78 is 259. The minimum Gasteiger partial charge on any atom is -0.349 e. The maximum atomic E-state index is 13.8. The van der Waals surface area contributed by atoms with E-state index in [-0.39, 0.29) is 76.4 Å². The molecule has 0 amide bonds. The van der Waals surface area contributed by atoms with Gasteiger partial charge in [0, 0.05) is 27.3 Å². The lowest BCUT2D eigenvalue weighted by atomic mass is 10.0. The van der Waals surface area contributed by atoms with E-state index in [1.165, 1.54) is 38.1 Å². The fraction of sp³-hybridized carbons (Fsp3) is 0.462. The van der Waals surface area contributed by atoms with E-state index in [0.29, 0.717) is 44.3 Å². The van der Waals surface area contributed by atoms with Gasteiger partial charge in [0.25, 0.3) is 0 Å². The molecule has 2 aliphatic heterocycles. The van der Waals surface area contributed by atoms with Crippen molar-refractivity contribution in [3.05, 3.63) is 174 Å². The van der Waals surface area contributed by atoms with Crippen molar-refractivity contribution < 1.29 is 108 Å². The van der Waals surface area contributed by atoms with Crippen molar-refractivity contribution in [2.75, 3.05) is 53.7 Å². The highest BCUT2D eigenvalue weighted by molar-refractivity contribution is 7.52. The topological polar surface area (TPSA) is 216 Å². The summed E-state index contributed by atoms with van der Waals surface area (Å²) in [6, 6.07) is 10.7. The molecule has 4 heterocycles. The van der Waals surface area contributed by atoms with E-state index in [2.05, 4.69) is 20.2 Å². The summed E-state index contributed by atoms with van der Waals surface area (Å²) in [5, 5.41) is 8.09. The Balaban J connectivity index is 0.000000251. The number of rotatable bonds is 20. The van der Waals surface area contributed by atoms with Crippen LogP contribution in [0.3, 0.4) is 0 Å². The summed E-state index contributed by atoms with van der Waals surface area (Å²) in [5.41, 5.74) is -7.76. The summed E-state index contributed by atoms with van der Waals surface area (Å²) in [6.07, 6.45) is -25.4. The lowest BCUT2D eigenvalue weighted by Crippen LogP contribution is -2.46. The van der Waals surface area contributed by atoms with Crippen molar-refractivity contribution in [3.8, 4) is 0 Å². The zero-order chi connectivity index (χ0) is 64.9. The molecule has 6 aromatic rings. The zero-order valence-corrected chi connectivity index (χ0v) is 48.8. The number of nitrogens with zero attached hydrogens (tertiary/aromatic N) is 6. The number of aromatic nitrogens is 6. The molecule has 2 saturated heterocycles. The molecular weight excluding hydrogens is 1260 g/mol. The van der Waals surface area contributed by atoms with Gasteiger partial charge in [-0.15, -0.1) is 19.1 Å². The third-order valence-electron chi connectivity index (χ3n) is 13.4. The maximum absolute atomic E-state index is 13.8. The molecular formula is C52H56F14N8O12P2. The van der Waals surface area contributed by atoms with Crippen molar-refractivity contribution in [2.24, 2.45) is 0 Å². The van der Waals surface area contributed by atoms with Crippen LogP contribution in [0.25, 0.3) is 0 Å². The summed E-state index contributed by atoms with van der Waals surface area (Å²) in [6.45, 7) is 5.65. The molecule has 2 N–H and O–H groups in total. The van der Waals surface area contributed by atoms with Gasteiger partial charge in [-0.3, -0.25) is 37.9 Å². The van der Waals surface area contributed by atoms with Crippen LogP contribution in [0.1, 0.15) is 108 Å². The van der Waals surface area contributed by atoms with E-state index in [1.807, 2.05) is 0 Å². The van der Waals surface area contributed by atoms with Crippen molar-refractivity contribution in [1.29, 1.82) is 0 Å². The van der Waals surface area contributed by atoms with Crippen LogP contribution in [0.15, 0.2) is 94.5 Å². The monoisotopic (exact) mass is 1310 g/mol. The third-order valence-corrected chi connectivity index (χ3v) is 17.0. The van der Waals surface area contributed by atoms with E-state index in [1.54, 1.807) is 23.6 Å². The second kappa shape index (κ2) is 27.9. The molecule has 2 aliphatic rings. The van der Waals surface area contributed by atoms with Crippen molar-refractivity contribution >= 4 is 15.5 Å². The largest absolute Gasteiger partial charge is 0.459 e. The number of aromatic amines is 2. The summed E-state index contributed by atoms with van der Waals surface area (Å²) in [4.78, 5) is 33.4. The van der Waals surface area contributed by atoms with Gasteiger partial charge < -0.3 is 18.9 Å². The van der Waals surface area contributed by atoms with Gasteiger partial charge >= 0.3 is 51.6 Å². The number of hydrogen-bond acceptors (Lipinski definition) is 16. The second-order valence-electron chi connectivity index (χ2n) is 19.3. The first-order chi connectivity index (χ1) is 41.1. The molecule has 36 heteroatoms. The maximum Gasteiger partial charge on any atom is 0.459 e. The summed E-state index contributed by atoms with van der Waals surface area (Å²) >= 11 is 0. The molecule has 20 nitrogen and oxygen atoms in total. The van der Waals surface area contributed by atoms with Gasteiger partial charge in [-0.2, -0.15) is 52.7 Å². The number of hydrogen-bond donors (Lipinski definition) is 2. The molecule has 2 fully saturated rings. The van der Waals surface area contributed by atoms with Crippen molar-refractivity contribution in [2.45, 2.75) is 102 Å². The lowest BCUT2D eigenvalue weighted by Gasteiger charge is -2.41. The smallest absolute Gasteiger partial charge is 0.349 e. The van der Waals surface area contributed by atoms with Gasteiger partial charge in [-0.05, 0) is 111 Å². The highest BCUT2D eigenvalue weighted by Crippen LogP contribution is 2.48. The van der Waals surface area contributed by atoms with Crippen LogP contribution in [-0.2, 0) is 84.0 Å². The minimum absolute atomic E-state index is 0.00714. The normalized spacial score (nSPS) is 19.3. The number of ether oxygens (including phenoxy) is 4. The van der Waals surface area contributed by atoms with E-state index < -0.39 is 133 Å². The average molecular weight is 1310 g/mol. The Morgan fingerprint density at radius 1 is 0.545 bits per heavy atom. The number of benzene rings is 4. The lowest BCUT2D eigenvalue weighted by molar-refractivity contribution is -0.231. The fourth-order valence-electron chi connectivity index (χ4n) is 9.28. The standard InChI is InChI=1S/C27H30F7N4O6P.C25H26F7N4O6P/c1-4-42-45(40,43-5-2)38-25(39)35-22(36-38)15-37-10-11-41-24(23(37)17-6-8-21(28)9-7-17)44-16(3)18-12-19(26(29,30)31)14-20(13-18)27(32,33)34;1-14(16-10-17(24(27,28)29)12-18(11-16)25(30,31)32)42-22-21(15-4-6-19(26)7-5-15)35(8-9-41-22)13-20-33-23(37)36(34-20)43(38,39-2)40-3/h6-9,12-14,16,23-24H,4-5,10-11,15H2,1-3H3,(H,35,36,39);4-7,10-12,14,21-22H,8-9,13H2,1-3H3,(H,33,34,37)/t16-,23+,24-;14-,21+,22-/m11/s1. The molecule has 0 saturated carbocycles. The minimum atomic E-state index is -5.06. The zero-order valence-electron chi connectivity index (χ0n) is 47.0. The van der Waals surface area contributed by atoms with E-state index in [9.17, 15) is 80.2 Å². The number of alkyl halides is 12. The van der Waals surface area contributed by atoms with Gasteiger partial charge in [0.15, 0.2) is 12.6 Å². The Bertz CT molecular complexity index is 3460. The van der Waals surface area contributed by atoms with Crippen LogP contribution >= 0.6 is 15.5 Å². The summed E-state index contributed by atoms with van der Waals surface area (Å²) in [5.74, 6) is -1.11. The Morgan fingerprint density at radius 3 is 1.16 bits per heavy atom. The third kappa shape index (κ3) is 16.8. The number of H-pyrrole nitrogens is 2. The van der Waals surface area contributed by atoms with Crippen LogP contribution in [-0.4, -0.2) is 105 Å². The first-order valence-corrected chi connectivity index (χ1v) is 29.2. The van der Waals surface area contributed by atoms with Gasteiger partial charge in [-0.25, -0.2) is 27.5 Å². The molecule has 0 bridgehead atoms. The van der Waals surface area contributed by atoms with E-state index in [4.69, 9.17) is 37.0 Å². The molecule has 8 rings (SSSR count). The van der Waals surface area contributed by atoms with Crippen LogP contribution in [0.5, 0.6) is 0 Å². The predicted octanol–water partition coefficient (Wildman–Crippen LogP) is 12.1. The second-order valence-corrected chi connectivity index (χ2v) is 23.2. The molecule has 4 aromatic carbocycles. The first kappa shape index (κ1) is 69.3. The molecule has 0 radical (unpaired) electrons. The van der Waals surface area contributed by atoms with Gasteiger partial charge in [-0.1, -0.05) is 24.3 Å². The number of morpholine rings is 2. The van der Waals surface area contributed by atoms with Crippen LogP contribution in [0.4, 0.5) is 61.5 Å². The van der Waals surface area contributed by atoms with Crippen LogP contribution in [0.2, 0.25) is 0 Å². The molecule has 0 aliphatic carbocycles. The Labute approximate surface area is 490 Å². The van der Waals surface area contributed by atoms with Crippen molar-refractivity contribution in [1.82, 2.24) is 38.9 Å². The average Bonchev–Trinajstić information content (AvgIpc) is 2.01.